The number of rotatable bonds is 6. The number of unbranched alkanes of at least 4 members (excludes halogenated alkanes) is 1. The van der Waals surface area contributed by atoms with E-state index in [1.807, 2.05) is 0 Å². The molecule has 4 heteroatoms. The van der Waals surface area contributed by atoms with Gasteiger partial charge in [0.1, 0.15) is 4.32 Å². The third-order valence-corrected chi connectivity index (χ3v) is 3.28. The van der Waals surface area contributed by atoms with E-state index in [2.05, 4.69) is 13.8 Å². The Bertz CT molecular complexity index is 131. The van der Waals surface area contributed by atoms with Gasteiger partial charge in [0.15, 0.2) is 0 Å². The maximum atomic E-state index is 5.42. The minimum atomic E-state index is 0. The van der Waals surface area contributed by atoms with Crippen LogP contribution in [0.3, 0.4) is 0 Å². The molecule has 0 aromatic heterocycles. The van der Waals surface area contributed by atoms with Gasteiger partial charge in [-0.2, -0.15) is 0 Å². The van der Waals surface area contributed by atoms with Gasteiger partial charge in [0.2, 0.25) is 0 Å². The Kier molecular flexibility index (Phi) is 15.9. The fraction of sp³-hybridized carbons (Fsp3) is 0.889. The molecule has 2 N–H and O–H groups in total. The summed E-state index contributed by atoms with van der Waals surface area (Å²) in [7, 11) is 0. The van der Waals surface area contributed by atoms with E-state index in [1.54, 1.807) is 11.8 Å². The molecule has 74 valence electrons. The fourth-order valence-electron chi connectivity index (χ4n) is 1.10. The molecule has 0 saturated heterocycles. The van der Waals surface area contributed by atoms with Gasteiger partial charge in [-0.3, -0.25) is 0 Å². The Balaban J connectivity index is 0. The number of nitrogens with two attached hydrogens (primary N) is 1. The molecule has 0 heterocycles. The number of hydrogen-bond donors (Lipinski definition) is 1. The van der Waals surface area contributed by atoms with E-state index in [0.29, 0.717) is 4.32 Å². The van der Waals surface area contributed by atoms with Gasteiger partial charge in [0.05, 0.1) is 0 Å². The van der Waals surface area contributed by atoms with E-state index in [4.69, 9.17) is 18.0 Å². The second kappa shape index (κ2) is 11.9. The molecule has 13 heavy (non-hydrogen) atoms. The van der Waals surface area contributed by atoms with Crippen LogP contribution in [-0.4, -0.2) is 61.5 Å². The van der Waals surface area contributed by atoms with E-state index in [-0.39, 0.29) is 51.4 Å². The average Bonchev–Trinajstić information content (AvgIpc) is 2.05. The molecule has 1 nitrogen and oxygen atoms in total. The van der Waals surface area contributed by atoms with Crippen molar-refractivity contribution in [2.24, 2.45) is 11.7 Å². The van der Waals surface area contributed by atoms with Crippen LogP contribution in [0.5, 0.6) is 0 Å². The zero-order chi connectivity index (χ0) is 9.40. The van der Waals surface area contributed by atoms with Crippen LogP contribution in [0.2, 0.25) is 0 Å². The summed E-state index contributed by atoms with van der Waals surface area (Å²) in [6.07, 6.45) is 5.18. The molecule has 0 fully saturated rings. The molecule has 0 aliphatic rings. The summed E-state index contributed by atoms with van der Waals surface area (Å²) >= 11 is 6.44. The van der Waals surface area contributed by atoms with E-state index < -0.39 is 0 Å². The first-order chi connectivity index (χ1) is 5.70. The normalized spacial score (nSPS) is 11.8. The first-order valence-electron chi connectivity index (χ1n) is 4.62. The van der Waals surface area contributed by atoms with E-state index >= 15 is 0 Å². The van der Waals surface area contributed by atoms with Crippen LogP contribution in [-0.2, 0) is 0 Å². The van der Waals surface area contributed by atoms with E-state index in [1.165, 1.54) is 25.7 Å². The quantitative estimate of drug-likeness (QED) is 0.575. The van der Waals surface area contributed by atoms with Crippen LogP contribution in [0.15, 0.2) is 0 Å². The molecule has 0 amide bonds. The molecule has 0 saturated carbocycles. The van der Waals surface area contributed by atoms with Gasteiger partial charge >= 0.3 is 51.4 Å². The Hall–Kier alpha value is 1.88. The van der Waals surface area contributed by atoms with Gasteiger partial charge in [0, 0.05) is 5.75 Å². The van der Waals surface area contributed by atoms with Gasteiger partial charge in [-0.05, 0) is 12.3 Å². The summed E-state index contributed by atoms with van der Waals surface area (Å²) in [6.45, 7) is 4.47. The summed E-state index contributed by atoms with van der Waals surface area (Å²) in [5.74, 6) is 1.91. The zero-order valence-corrected chi connectivity index (χ0v) is 9.64. The summed E-state index contributed by atoms with van der Waals surface area (Å²) in [6, 6.07) is 0. The van der Waals surface area contributed by atoms with Crippen molar-refractivity contribution >= 4 is 79.7 Å². The first kappa shape index (κ1) is 17.3. The van der Waals surface area contributed by atoms with E-state index in [9.17, 15) is 0 Å². The number of thiocarbonyl (C=S) groups is 1. The van der Waals surface area contributed by atoms with Crippen molar-refractivity contribution in [3.63, 3.8) is 0 Å². The Morgan fingerprint density at radius 2 is 2.08 bits per heavy atom. The molecule has 1 atom stereocenters. The third kappa shape index (κ3) is 11.8. The number of thioether (sulfide) groups is 1. The van der Waals surface area contributed by atoms with Gasteiger partial charge in [-0.1, -0.05) is 57.1 Å². The molecule has 0 aliphatic carbocycles. The van der Waals surface area contributed by atoms with Crippen LogP contribution in [0.1, 0.15) is 39.5 Å². The zero-order valence-electron chi connectivity index (χ0n) is 8.01. The van der Waals surface area contributed by atoms with Crippen molar-refractivity contribution in [1.82, 2.24) is 0 Å². The molecule has 1 unspecified atom stereocenters. The second-order valence-electron chi connectivity index (χ2n) is 3.05. The first-order valence-corrected chi connectivity index (χ1v) is 6.02. The molecule has 0 spiro atoms. The fourth-order valence-corrected chi connectivity index (χ4v) is 2.10. The Labute approximate surface area is 134 Å². The van der Waals surface area contributed by atoms with Crippen LogP contribution in [0.4, 0.5) is 0 Å². The Morgan fingerprint density at radius 1 is 1.46 bits per heavy atom. The third-order valence-electron chi connectivity index (χ3n) is 2.00. The maximum absolute atomic E-state index is 5.42. The molecule has 0 radical (unpaired) electrons. The van der Waals surface area contributed by atoms with Gasteiger partial charge in [-0.25, -0.2) is 0 Å². The minimum absolute atomic E-state index is 0. The van der Waals surface area contributed by atoms with Crippen molar-refractivity contribution in [3.8, 4) is 0 Å². The molecule has 0 aromatic rings. The SMILES string of the molecule is CCCCC(CC)CSC(N)=S.[KH]. The van der Waals surface area contributed by atoms with Crippen molar-refractivity contribution in [2.75, 3.05) is 5.75 Å². The Morgan fingerprint density at radius 3 is 2.46 bits per heavy atom. The van der Waals surface area contributed by atoms with Crippen molar-refractivity contribution in [1.29, 1.82) is 0 Å². The summed E-state index contributed by atoms with van der Waals surface area (Å²) in [5, 5.41) is 0. The van der Waals surface area contributed by atoms with Crippen LogP contribution >= 0.6 is 24.0 Å². The average molecular weight is 245 g/mol. The predicted octanol–water partition coefficient (Wildman–Crippen LogP) is 2.53. The molecular formula is C9H20KNS2. The molecule has 0 rings (SSSR count). The van der Waals surface area contributed by atoms with Crippen LogP contribution in [0.25, 0.3) is 0 Å². The van der Waals surface area contributed by atoms with Crippen molar-refractivity contribution < 1.29 is 0 Å². The number of hydrogen-bond acceptors (Lipinski definition) is 2. The topological polar surface area (TPSA) is 26.0 Å². The standard InChI is InChI=1S/C9H19NS2.K.H/c1-3-5-6-8(4-2)7-12-9(10)11;;/h8H,3-7H2,1-2H3,(H2,10,11);;. The monoisotopic (exact) mass is 245 g/mol. The van der Waals surface area contributed by atoms with Crippen LogP contribution in [0, 0.1) is 5.92 Å². The van der Waals surface area contributed by atoms with Gasteiger partial charge in [-0.15, -0.1) is 0 Å². The molecule has 0 aliphatic heterocycles. The summed E-state index contributed by atoms with van der Waals surface area (Å²) in [5.41, 5.74) is 5.42. The van der Waals surface area contributed by atoms with Gasteiger partial charge < -0.3 is 5.73 Å². The van der Waals surface area contributed by atoms with Crippen molar-refractivity contribution in [2.45, 2.75) is 39.5 Å². The van der Waals surface area contributed by atoms with Gasteiger partial charge in [0.25, 0.3) is 0 Å². The molecule has 0 aromatic carbocycles. The summed E-state index contributed by atoms with van der Waals surface area (Å²) in [4.78, 5) is 0. The van der Waals surface area contributed by atoms with Crippen molar-refractivity contribution in [3.05, 3.63) is 0 Å². The predicted molar refractivity (Wildman–Crippen MR) is 69.7 cm³/mol. The molecular weight excluding hydrogens is 225 g/mol. The molecule has 0 bridgehead atoms. The van der Waals surface area contributed by atoms with E-state index in [0.717, 1.165) is 11.7 Å². The second-order valence-corrected chi connectivity index (χ2v) is 4.81. The summed E-state index contributed by atoms with van der Waals surface area (Å²) < 4.78 is 0.588. The van der Waals surface area contributed by atoms with Crippen LogP contribution < -0.4 is 5.73 Å².